The van der Waals surface area contributed by atoms with Gasteiger partial charge < -0.3 is 9.40 Å². The topological polar surface area (TPSA) is 71.8 Å². The molecule has 0 saturated carbocycles. The number of aromatic nitrogens is 3. The molecular weight excluding hydrogens is 254 g/mol. The summed E-state index contributed by atoms with van der Waals surface area (Å²) in [7, 11) is 0. The molecule has 4 aromatic rings. The summed E-state index contributed by atoms with van der Waals surface area (Å²) in [6.07, 6.45) is 3.35. The average molecular weight is 263 g/mol. The lowest BCUT2D eigenvalue weighted by Gasteiger charge is -1.94. The van der Waals surface area contributed by atoms with Crippen LogP contribution >= 0.6 is 0 Å². The van der Waals surface area contributed by atoms with E-state index in [2.05, 4.69) is 15.0 Å². The fourth-order valence-electron chi connectivity index (χ4n) is 2.21. The highest BCUT2D eigenvalue weighted by atomic mass is 16.3. The van der Waals surface area contributed by atoms with E-state index in [4.69, 9.17) is 4.42 Å². The van der Waals surface area contributed by atoms with Crippen LogP contribution in [0.25, 0.3) is 33.6 Å². The van der Waals surface area contributed by atoms with Crippen LogP contribution in [0.5, 0.6) is 0 Å². The van der Waals surface area contributed by atoms with Crippen molar-refractivity contribution in [2.45, 2.75) is 0 Å². The van der Waals surface area contributed by atoms with Gasteiger partial charge in [-0.15, -0.1) is 0 Å². The predicted molar refractivity (Wildman–Crippen MR) is 75.4 cm³/mol. The maximum atomic E-state index is 12.4. The number of nitrogens with one attached hydrogen (secondary N) is 1. The summed E-state index contributed by atoms with van der Waals surface area (Å²) in [5.41, 5.74) is 2.00. The van der Waals surface area contributed by atoms with Crippen LogP contribution in [-0.2, 0) is 0 Å². The van der Waals surface area contributed by atoms with Crippen LogP contribution in [0, 0.1) is 0 Å². The van der Waals surface area contributed by atoms with Crippen LogP contribution in [0.3, 0.4) is 0 Å². The summed E-state index contributed by atoms with van der Waals surface area (Å²) in [6, 6.07) is 10.8. The second-order valence-corrected chi connectivity index (χ2v) is 4.43. The van der Waals surface area contributed by atoms with Crippen molar-refractivity contribution >= 4 is 22.2 Å². The van der Waals surface area contributed by atoms with E-state index in [1.165, 1.54) is 0 Å². The molecule has 3 heterocycles. The number of fused-ring (bicyclic) bond motifs is 2. The van der Waals surface area contributed by atoms with Gasteiger partial charge in [-0.05, 0) is 24.3 Å². The molecule has 1 N–H and O–H groups in total. The molecule has 5 heteroatoms. The molecule has 0 amide bonds. The molecule has 0 aliphatic rings. The van der Waals surface area contributed by atoms with E-state index in [-0.39, 0.29) is 5.43 Å². The molecule has 0 aliphatic heterocycles. The molecule has 20 heavy (non-hydrogen) atoms. The van der Waals surface area contributed by atoms with Crippen LogP contribution in [0.1, 0.15) is 0 Å². The highest BCUT2D eigenvalue weighted by Gasteiger charge is 2.12. The smallest absolute Gasteiger partial charge is 0.249 e. The van der Waals surface area contributed by atoms with E-state index in [1.807, 2.05) is 24.3 Å². The summed E-state index contributed by atoms with van der Waals surface area (Å²) >= 11 is 0. The van der Waals surface area contributed by atoms with E-state index >= 15 is 0 Å². The number of nitrogens with zero attached hydrogens (tertiary/aromatic N) is 2. The van der Waals surface area contributed by atoms with Gasteiger partial charge in [0.05, 0.1) is 5.39 Å². The first kappa shape index (κ1) is 10.9. The third kappa shape index (κ3) is 1.53. The van der Waals surface area contributed by atoms with Crippen molar-refractivity contribution < 1.29 is 4.42 Å². The van der Waals surface area contributed by atoms with Gasteiger partial charge in [-0.3, -0.25) is 9.78 Å². The monoisotopic (exact) mass is 263 g/mol. The van der Waals surface area contributed by atoms with Gasteiger partial charge in [0.15, 0.2) is 5.52 Å². The number of hydrogen-bond acceptors (Lipinski definition) is 4. The predicted octanol–water partition coefficient (Wildman–Crippen LogP) is 2.73. The Morgan fingerprint density at radius 2 is 1.85 bits per heavy atom. The van der Waals surface area contributed by atoms with Crippen LogP contribution in [-0.4, -0.2) is 15.0 Å². The standard InChI is InChI=1S/C15H9N3O2/c19-13-10-3-1-2-4-11(10)20-15-12(13)17-14(18-15)9-5-7-16-8-6-9/h1-8H,(H,17,18). The summed E-state index contributed by atoms with van der Waals surface area (Å²) in [4.78, 5) is 23.7. The molecule has 0 fully saturated rings. The van der Waals surface area contributed by atoms with Crippen molar-refractivity contribution in [1.29, 1.82) is 0 Å². The lowest BCUT2D eigenvalue weighted by molar-refractivity contribution is 0.647. The molecule has 0 saturated heterocycles. The second kappa shape index (κ2) is 4.03. The molecule has 0 aliphatic carbocycles. The van der Waals surface area contributed by atoms with Crippen molar-refractivity contribution in [2.24, 2.45) is 0 Å². The van der Waals surface area contributed by atoms with Gasteiger partial charge in [-0.1, -0.05) is 12.1 Å². The molecule has 3 aromatic heterocycles. The van der Waals surface area contributed by atoms with Gasteiger partial charge >= 0.3 is 0 Å². The number of para-hydroxylation sites is 1. The van der Waals surface area contributed by atoms with E-state index in [9.17, 15) is 4.79 Å². The third-order valence-corrected chi connectivity index (χ3v) is 3.19. The zero-order chi connectivity index (χ0) is 13.5. The van der Waals surface area contributed by atoms with Gasteiger partial charge in [0, 0.05) is 18.0 Å². The van der Waals surface area contributed by atoms with Crippen molar-refractivity contribution in [2.75, 3.05) is 0 Å². The highest BCUT2D eigenvalue weighted by molar-refractivity contribution is 5.87. The summed E-state index contributed by atoms with van der Waals surface area (Å²) in [6.45, 7) is 0. The van der Waals surface area contributed by atoms with Crippen molar-refractivity contribution in [1.82, 2.24) is 15.0 Å². The normalized spacial score (nSPS) is 11.2. The fraction of sp³-hybridized carbons (Fsp3) is 0. The molecule has 1 aromatic carbocycles. The van der Waals surface area contributed by atoms with Crippen molar-refractivity contribution in [3.05, 3.63) is 59.0 Å². The molecule has 0 spiro atoms. The largest absolute Gasteiger partial charge is 0.436 e. The first-order valence-electron chi connectivity index (χ1n) is 6.15. The van der Waals surface area contributed by atoms with Crippen LogP contribution in [0.15, 0.2) is 58.0 Å². The van der Waals surface area contributed by atoms with Gasteiger partial charge in [0.2, 0.25) is 11.1 Å². The first-order valence-corrected chi connectivity index (χ1v) is 6.15. The van der Waals surface area contributed by atoms with Crippen LogP contribution in [0.2, 0.25) is 0 Å². The minimum Gasteiger partial charge on any atom is -0.436 e. The number of H-pyrrole nitrogens is 1. The zero-order valence-electron chi connectivity index (χ0n) is 10.3. The number of benzene rings is 1. The number of pyridine rings is 1. The quantitative estimate of drug-likeness (QED) is 0.573. The summed E-state index contributed by atoms with van der Waals surface area (Å²) < 4.78 is 5.67. The zero-order valence-corrected chi connectivity index (χ0v) is 10.3. The number of imidazole rings is 1. The van der Waals surface area contributed by atoms with Crippen molar-refractivity contribution in [3.63, 3.8) is 0 Å². The Morgan fingerprint density at radius 3 is 2.70 bits per heavy atom. The van der Waals surface area contributed by atoms with Gasteiger partial charge in [-0.2, -0.15) is 4.98 Å². The van der Waals surface area contributed by atoms with Gasteiger partial charge in [0.1, 0.15) is 11.4 Å². The Hall–Kier alpha value is -2.95. The van der Waals surface area contributed by atoms with Crippen LogP contribution in [0.4, 0.5) is 0 Å². The highest BCUT2D eigenvalue weighted by Crippen LogP contribution is 2.21. The van der Waals surface area contributed by atoms with E-state index in [0.717, 1.165) is 5.56 Å². The van der Waals surface area contributed by atoms with E-state index < -0.39 is 0 Å². The fourth-order valence-corrected chi connectivity index (χ4v) is 2.21. The Bertz CT molecular complexity index is 971. The lowest BCUT2D eigenvalue weighted by atomic mass is 10.2. The summed E-state index contributed by atoms with van der Waals surface area (Å²) in [5.74, 6) is 0.596. The molecule has 5 nitrogen and oxygen atoms in total. The number of aromatic amines is 1. The van der Waals surface area contributed by atoms with Crippen molar-refractivity contribution in [3.8, 4) is 11.4 Å². The molecule has 96 valence electrons. The summed E-state index contributed by atoms with van der Waals surface area (Å²) in [5, 5.41) is 0.546. The Labute approximate surface area is 112 Å². The van der Waals surface area contributed by atoms with E-state index in [0.29, 0.717) is 28.0 Å². The minimum atomic E-state index is -0.102. The molecule has 0 atom stereocenters. The maximum Gasteiger partial charge on any atom is 0.249 e. The molecular formula is C15H9N3O2. The average Bonchev–Trinajstić information content (AvgIpc) is 2.93. The minimum absolute atomic E-state index is 0.102. The molecule has 4 rings (SSSR count). The van der Waals surface area contributed by atoms with Crippen LogP contribution < -0.4 is 5.43 Å². The number of rotatable bonds is 1. The SMILES string of the molecule is O=c1c2ccccc2oc2nc(-c3ccncc3)[nH]c12. The maximum absolute atomic E-state index is 12.4. The molecule has 0 unspecified atom stereocenters. The Balaban J connectivity index is 2.07. The first-order chi connectivity index (χ1) is 9.83. The number of hydrogen-bond donors (Lipinski definition) is 1. The van der Waals surface area contributed by atoms with E-state index in [1.54, 1.807) is 24.5 Å². The lowest BCUT2D eigenvalue weighted by Crippen LogP contribution is -2.01. The Kier molecular flexibility index (Phi) is 2.20. The Morgan fingerprint density at radius 1 is 1.05 bits per heavy atom. The molecule has 0 bridgehead atoms. The third-order valence-electron chi connectivity index (χ3n) is 3.19. The van der Waals surface area contributed by atoms with Gasteiger partial charge in [0.25, 0.3) is 0 Å². The second-order valence-electron chi connectivity index (χ2n) is 4.43. The van der Waals surface area contributed by atoms with Gasteiger partial charge in [-0.25, -0.2) is 0 Å². The molecule has 0 radical (unpaired) electrons.